The number of aliphatic hydroxyl groups is 1. The van der Waals surface area contributed by atoms with Gasteiger partial charge in [0.05, 0.1) is 11.0 Å². The summed E-state index contributed by atoms with van der Waals surface area (Å²) >= 11 is 0. The Morgan fingerprint density at radius 1 is 1.33 bits per heavy atom. The minimum Gasteiger partial charge on any atom is -0.388 e. The minimum absolute atomic E-state index is 0.0414. The van der Waals surface area contributed by atoms with Gasteiger partial charge in [-0.2, -0.15) is 4.31 Å². The van der Waals surface area contributed by atoms with Crippen molar-refractivity contribution in [2.75, 3.05) is 0 Å². The standard InChI is InChI=1S/C16H25NO3S/c1-4-14-10-9-12(3)17(14)21(19,20)15-8-6-7-13(11-15)16(18)5-2/h6-8,11-12,14,16,18H,4-5,9-10H2,1-3H3. The van der Waals surface area contributed by atoms with Gasteiger partial charge in [-0.1, -0.05) is 26.0 Å². The smallest absolute Gasteiger partial charge is 0.243 e. The molecule has 5 heteroatoms. The second-order valence-corrected chi connectivity index (χ2v) is 7.66. The normalized spacial score (nSPS) is 25.1. The van der Waals surface area contributed by atoms with E-state index in [4.69, 9.17) is 0 Å². The third kappa shape index (κ3) is 3.15. The highest BCUT2D eigenvalue weighted by molar-refractivity contribution is 7.89. The molecule has 0 aliphatic carbocycles. The summed E-state index contributed by atoms with van der Waals surface area (Å²) in [5.74, 6) is 0. The van der Waals surface area contributed by atoms with Crippen molar-refractivity contribution in [1.29, 1.82) is 0 Å². The fourth-order valence-corrected chi connectivity index (χ4v) is 5.11. The van der Waals surface area contributed by atoms with E-state index in [9.17, 15) is 13.5 Å². The highest BCUT2D eigenvalue weighted by Crippen LogP contribution is 2.33. The van der Waals surface area contributed by atoms with Gasteiger partial charge < -0.3 is 5.11 Å². The first-order chi connectivity index (χ1) is 9.91. The van der Waals surface area contributed by atoms with Gasteiger partial charge in [-0.15, -0.1) is 0 Å². The van der Waals surface area contributed by atoms with Gasteiger partial charge in [-0.3, -0.25) is 0 Å². The molecule has 1 aromatic rings. The fourth-order valence-electron chi connectivity index (χ4n) is 3.10. The second-order valence-electron chi connectivity index (χ2n) is 5.82. The predicted octanol–water partition coefficient (Wildman–Crippen LogP) is 3.08. The first-order valence-electron chi connectivity index (χ1n) is 7.73. The predicted molar refractivity (Wildman–Crippen MR) is 83.5 cm³/mol. The molecule has 2 rings (SSSR count). The highest BCUT2D eigenvalue weighted by atomic mass is 32.2. The van der Waals surface area contributed by atoms with Gasteiger partial charge >= 0.3 is 0 Å². The SMILES string of the molecule is CCC(O)c1cccc(S(=O)(=O)N2C(C)CCC2CC)c1. The summed E-state index contributed by atoms with van der Waals surface area (Å²) in [5, 5.41) is 9.93. The van der Waals surface area contributed by atoms with Crippen LogP contribution in [0, 0.1) is 0 Å². The van der Waals surface area contributed by atoms with E-state index in [2.05, 4.69) is 0 Å². The monoisotopic (exact) mass is 311 g/mol. The van der Waals surface area contributed by atoms with Gasteiger partial charge in [0.2, 0.25) is 10.0 Å². The Labute approximate surface area is 127 Å². The van der Waals surface area contributed by atoms with E-state index in [-0.39, 0.29) is 12.1 Å². The highest BCUT2D eigenvalue weighted by Gasteiger charge is 2.39. The van der Waals surface area contributed by atoms with Crippen LogP contribution in [0.15, 0.2) is 29.2 Å². The van der Waals surface area contributed by atoms with Gasteiger partial charge in [0.1, 0.15) is 0 Å². The van der Waals surface area contributed by atoms with Gasteiger partial charge in [-0.05, 0) is 50.3 Å². The molecule has 3 unspecified atom stereocenters. The third-order valence-electron chi connectivity index (χ3n) is 4.39. The molecule has 1 heterocycles. The molecule has 0 bridgehead atoms. The molecule has 0 amide bonds. The Kier molecular flexibility index (Phi) is 5.07. The van der Waals surface area contributed by atoms with Crippen molar-refractivity contribution in [2.45, 2.75) is 69.5 Å². The molecule has 1 fully saturated rings. The van der Waals surface area contributed by atoms with Crippen LogP contribution in [0.2, 0.25) is 0 Å². The molecule has 4 nitrogen and oxygen atoms in total. The van der Waals surface area contributed by atoms with Crippen molar-refractivity contribution in [3.63, 3.8) is 0 Å². The Balaban J connectivity index is 2.39. The molecule has 1 N–H and O–H groups in total. The van der Waals surface area contributed by atoms with Crippen LogP contribution in [0.25, 0.3) is 0 Å². The molecule has 0 saturated carbocycles. The van der Waals surface area contributed by atoms with Crippen LogP contribution in [0.1, 0.15) is 58.1 Å². The maximum absolute atomic E-state index is 12.9. The zero-order valence-electron chi connectivity index (χ0n) is 13.0. The van der Waals surface area contributed by atoms with Gasteiger partial charge in [0, 0.05) is 12.1 Å². The fraction of sp³-hybridized carbons (Fsp3) is 0.625. The van der Waals surface area contributed by atoms with Crippen LogP contribution in [0.5, 0.6) is 0 Å². The van der Waals surface area contributed by atoms with E-state index < -0.39 is 16.1 Å². The molecule has 118 valence electrons. The number of aliphatic hydroxyl groups excluding tert-OH is 1. The number of benzene rings is 1. The lowest BCUT2D eigenvalue weighted by Crippen LogP contribution is -2.39. The van der Waals surface area contributed by atoms with Crippen LogP contribution in [0.3, 0.4) is 0 Å². The third-order valence-corrected chi connectivity index (χ3v) is 6.45. The lowest BCUT2D eigenvalue weighted by molar-refractivity contribution is 0.173. The maximum atomic E-state index is 12.9. The van der Waals surface area contributed by atoms with Crippen molar-refractivity contribution in [1.82, 2.24) is 4.31 Å². The lowest BCUT2D eigenvalue weighted by atomic mass is 10.1. The zero-order chi connectivity index (χ0) is 15.6. The average molecular weight is 311 g/mol. The first kappa shape index (κ1) is 16.5. The van der Waals surface area contributed by atoms with E-state index in [1.54, 1.807) is 28.6 Å². The molecule has 0 radical (unpaired) electrons. The van der Waals surface area contributed by atoms with Crippen molar-refractivity contribution in [2.24, 2.45) is 0 Å². The van der Waals surface area contributed by atoms with Crippen LogP contribution < -0.4 is 0 Å². The summed E-state index contributed by atoms with van der Waals surface area (Å²) in [5.41, 5.74) is 0.665. The first-order valence-corrected chi connectivity index (χ1v) is 9.17. The minimum atomic E-state index is -3.49. The summed E-state index contributed by atoms with van der Waals surface area (Å²) in [6, 6.07) is 6.85. The number of hydrogen-bond acceptors (Lipinski definition) is 3. The molecule has 3 atom stereocenters. The summed E-state index contributed by atoms with van der Waals surface area (Å²) in [4.78, 5) is 0.291. The van der Waals surface area contributed by atoms with Crippen molar-refractivity contribution >= 4 is 10.0 Å². The topological polar surface area (TPSA) is 57.6 Å². The summed E-state index contributed by atoms with van der Waals surface area (Å²) < 4.78 is 27.5. The Bertz CT molecular complexity index is 585. The van der Waals surface area contributed by atoms with Crippen molar-refractivity contribution < 1.29 is 13.5 Å². The molecule has 0 aromatic heterocycles. The van der Waals surface area contributed by atoms with Crippen LogP contribution in [-0.2, 0) is 10.0 Å². The number of sulfonamides is 1. The van der Waals surface area contributed by atoms with E-state index >= 15 is 0 Å². The Hall–Kier alpha value is -0.910. The summed E-state index contributed by atoms with van der Waals surface area (Å²) in [7, 11) is -3.49. The molecular formula is C16H25NO3S. The second kappa shape index (κ2) is 6.46. The average Bonchev–Trinajstić information content (AvgIpc) is 2.88. The molecule has 0 spiro atoms. The molecule has 1 aliphatic rings. The van der Waals surface area contributed by atoms with E-state index in [0.29, 0.717) is 16.9 Å². The van der Waals surface area contributed by atoms with Crippen LogP contribution in [-0.4, -0.2) is 29.9 Å². The van der Waals surface area contributed by atoms with E-state index in [1.165, 1.54) is 0 Å². The number of hydrogen-bond donors (Lipinski definition) is 1. The summed E-state index contributed by atoms with van der Waals surface area (Å²) in [6.07, 6.45) is 2.63. The summed E-state index contributed by atoms with van der Waals surface area (Å²) in [6.45, 7) is 5.88. The molecule has 1 saturated heterocycles. The maximum Gasteiger partial charge on any atom is 0.243 e. The lowest BCUT2D eigenvalue weighted by Gasteiger charge is -2.27. The van der Waals surface area contributed by atoms with Gasteiger partial charge in [0.25, 0.3) is 0 Å². The molecule has 1 aromatic carbocycles. The Morgan fingerprint density at radius 2 is 2.05 bits per heavy atom. The number of nitrogens with zero attached hydrogens (tertiary/aromatic N) is 1. The van der Waals surface area contributed by atoms with Crippen LogP contribution >= 0.6 is 0 Å². The largest absolute Gasteiger partial charge is 0.388 e. The molecule has 21 heavy (non-hydrogen) atoms. The van der Waals surface area contributed by atoms with Crippen LogP contribution in [0.4, 0.5) is 0 Å². The zero-order valence-corrected chi connectivity index (χ0v) is 13.8. The quantitative estimate of drug-likeness (QED) is 0.909. The van der Waals surface area contributed by atoms with Gasteiger partial charge in [-0.25, -0.2) is 8.42 Å². The molecular weight excluding hydrogens is 286 g/mol. The van der Waals surface area contributed by atoms with E-state index in [1.807, 2.05) is 20.8 Å². The molecule has 1 aliphatic heterocycles. The van der Waals surface area contributed by atoms with E-state index in [0.717, 1.165) is 19.3 Å². The Morgan fingerprint density at radius 3 is 2.67 bits per heavy atom. The van der Waals surface area contributed by atoms with Gasteiger partial charge in [0.15, 0.2) is 0 Å². The van der Waals surface area contributed by atoms with Crippen molar-refractivity contribution in [3.05, 3.63) is 29.8 Å². The van der Waals surface area contributed by atoms with Crippen molar-refractivity contribution in [3.8, 4) is 0 Å². The number of rotatable bonds is 5.